The fraction of sp³-hybridized carbons (Fsp3) is 0.143. The summed E-state index contributed by atoms with van der Waals surface area (Å²) >= 11 is 0. The molecular weight excluding hydrogens is 112 g/mol. The largest absolute Gasteiger partial charge is 0.268 e. The Bertz CT molecular complexity index is 193. The minimum absolute atomic E-state index is 0.477. The van der Waals surface area contributed by atoms with Gasteiger partial charge in [0.15, 0.2) is 0 Å². The van der Waals surface area contributed by atoms with Crippen molar-refractivity contribution in [1.82, 2.24) is 0 Å². The molecule has 0 unspecified atom stereocenters. The first-order chi connectivity index (χ1) is 4.26. The van der Waals surface area contributed by atoms with Crippen LogP contribution in [0.4, 0.5) is 0 Å². The summed E-state index contributed by atoms with van der Waals surface area (Å²) in [5, 5.41) is 8.36. The highest BCUT2D eigenvalue weighted by Crippen LogP contribution is 2.02. The maximum absolute atomic E-state index is 8.36. The summed E-state index contributed by atoms with van der Waals surface area (Å²) in [5.41, 5.74) is 1.09. The molecule has 9 heavy (non-hydrogen) atoms. The van der Waals surface area contributed by atoms with E-state index in [-0.39, 0.29) is 0 Å². The molecule has 0 aromatic carbocycles. The Labute approximate surface area is 54.8 Å². The van der Waals surface area contributed by atoms with Crippen LogP contribution in [0.2, 0.25) is 0 Å². The number of allylic oxidation sites excluding steroid dienone is 3. The highest BCUT2D eigenvalue weighted by molar-refractivity contribution is 5.39. The third-order valence-electron chi connectivity index (χ3n) is 0.952. The third-order valence-corrected chi connectivity index (χ3v) is 0.952. The summed E-state index contributed by atoms with van der Waals surface area (Å²) < 4.78 is 0. The smallest absolute Gasteiger partial charge is 0.101 e. The molecule has 0 radical (unpaired) electrons. The van der Waals surface area contributed by atoms with Gasteiger partial charge < -0.3 is 0 Å². The first kappa shape index (κ1) is 7.64. The lowest BCUT2D eigenvalue weighted by molar-refractivity contribution is 1.28. The van der Waals surface area contributed by atoms with Gasteiger partial charge in [-0.2, -0.15) is 5.26 Å². The molecule has 0 spiro atoms. The molecule has 0 aliphatic rings. The highest BCUT2D eigenvalue weighted by atomic mass is 14.7. The van der Waals surface area contributed by atoms with Crippen molar-refractivity contribution >= 4 is 6.72 Å². The Kier molecular flexibility index (Phi) is 3.07. The summed E-state index contributed by atoms with van der Waals surface area (Å²) in [6.45, 7) is 8.42. The van der Waals surface area contributed by atoms with Crippen LogP contribution >= 0.6 is 0 Å². The van der Waals surface area contributed by atoms with Crippen molar-refractivity contribution in [2.45, 2.75) is 6.92 Å². The highest BCUT2D eigenvalue weighted by Gasteiger charge is 1.90. The monoisotopic (exact) mass is 120 g/mol. The summed E-state index contributed by atoms with van der Waals surface area (Å²) in [6.07, 6.45) is 1.46. The zero-order valence-corrected chi connectivity index (χ0v) is 5.39. The van der Waals surface area contributed by atoms with Crippen molar-refractivity contribution in [3.05, 3.63) is 23.9 Å². The molecule has 0 aromatic rings. The number of aliphatic imine (C=N–C) groups is 1. The molecule has 0 saturated heterocycles. The molecule has 0 bridgehead atoms. The van der Waals surface area contributed by atoms with Gasteiger partial charge in [0.05, 0.1) is 11.3 Å². The Morgan fingerprint density at radius 3 is 2.44 bits per heavy atom. The molecule has 46 valence electrons. The lowest BCUT2D eigenvalue weighted by Crippen LogP contribution is -1.75. The van der Waals surface area contributed by atoms with E-state index in [1.165, 1.54) is 6.08 Å². The van der Waals surface area contributed by atoms with E-state index in [0.717, 1.165) is 0 Å². The van der Waals surface area contributed by atoms with E-state index in [0.29, 0.717) is 11.3 Å². The molecule has 0 heterocycles. The summed E-state index contributed by atoms with van der Waals surface area (Å²) in [5.74, 6) is 0. The molecule has 0 amide bonds. The van der Waals surface area contributed by atoms with E-state index < -0.39 is 0 Å². The molecule has 2 heteroatoms. The topological polar surface area (TPSA) is 36.1 Å². The number of nitriles is 1. The van der Waals surface area contributed by atoms with Crippen LogP contribution in [0.25, 0.3) is 0 Å². The van der Waals surface area contributed by atoms with Gasteiger partial charge in [0.25, 0.3) is 0 Å². The van der Waals surface area contributed by atoms with Crippen LogP contribution in [-0.4, -0.2) is 6.72 Å². The summed E-state index contributed by atoms with van der Waals surface area (Å²) in [4.78, 5) is 3.57. The number of nitrogens with zero attached hydrogens (tertiary/aromatic N) is 2. The predicted molar refractivity (Wildman–Crippen MR) is 38.1 cm³/mol. The minimum atomic E-state index is 0.477. The Morgan fingerprint density at radius 2 is 2.33 bits per heavy atom. The van der Waals surface area contributed by atoms with E-state index in [1.807, 2.05) is 6.07 Å². The first-order valence-electron chi connectivity index (χ1n) is 2.46. The molecular formula is C7H8N2. The second kappa shape index (κ2) is 3.62. The number of hydrogen-bond acceptors (Lipinski definition) is 2. The standard InChI is InChI=1S/C7H8N2/c1-4-7(5-8)6(2)9-3/h4H,1,3H2,2H3/b7-6-. The maximum Gasteiger partial charge on any atom is 0.101 e. The van der Waals surface area contributed by atoms with Crippen LogP contribution in [0.3, 0.4) is 0 Å². The Morgan fingerprint density at radius 1 is 1.78 bits per heavy atom. The van der Waals surface area contributed by atoms with Crippen molar-refractivity contribution in [1.29, 1.82) is 5.26 Å². The number of rotatable bonds is 2. The Hall–Kier alpha value is -1.36. The van der Waals surface area contributed by atoms with Crippen molar-refractivity contribution in [3.8, 4) is 6.07 Å². The lowest BCUT2D eigenvalue weighted by atomic mass is 10.2. The van der Waals surface area contributed by atoms with Gasteiger partial charge in [0.1, 0.15) is 6.07 Å². The van der Waals surface area contributed by atoms with E-state index in [9.17, 15) is 0 Å². The van der Waals surface area contributed by atoms with E-state index in [1.54, 1.807) is 6.92 Å². The third kappa shape index (κ3) is 1.92. The van der Waals surface area contributed by atoms with Gasteiger partial charge in [0, 0.05) is 0 Å². The number of hydrogen-bond donors (Lipinski definition) is 0. The summed E-state index contributed by atoms with van der Waals surface area (Å²) in [7, 11) is 0. The van der Waals surface area contributed by atoms with Gasteiger partial charge in [-0.15, -0.1) is 0 Å². The van der Waals surface area contributed by atoms with Gasteiger partial charge in [-0.05, 0) is 19.7 Å². The van der Waals surface area contributed by atoms with Crippen molar-refractivity contribution in [2.75, 3.05) is 0 Å². The second-order valence-corrected chi connectivity index (χ2v) is 1.47. The zero-order chi connectivity index (χ0) is 7.28. The molecule has 0 rings (SSSR count). The normalized spacial score (nSPS) is 11.1. The maximum atomic E-state index is 8.36. The van der Waals surface area contributed by atoms with E-state index in [2.05, 4.69) is 18.3 Å². The molecule has 0 aliphatic carbocycles. The van der Waals surface area contributed by atoms with E-state index in [4.69, 9.17) is 5.26 Å². The molecule has 0 atom stereocenters. The van der Waals surface area contributed by atoms with Crippen LogP contribution in [0.1, 0.15) is 6.92 Å². The molecule has 0 fully saturated rings. The van der Waals surface area contributed by atoms with E-state index >= 15 is 0 Å². The molecule has 0 saturated carbocycles. The molecule has 0 N–H and O–H groups in total. The SMILES string of the molecule is C=C/C(C#N)=C(\C)N=C. The van der Waals surface area contributed by atoms with Crippen LogP contribution in [0.5, 0.6) is 0 Å². The van der Waals surface area contributed by atoms with Gasteiger partial charge in [-0.1, -0.05) is 6.58 Å². The molecule has 0 aliphatic heterocycles. The lowest BCUT2D eigenvalue weighted by Gasteiger charge is -1.88. The second-order valence-electron chi connectivity index (χ2n) is 1.47. The fourth-order valence-electron chi connectivity index (χ4n) is 0.359. The summed E-state index contributed by atoms with van der Waals surface area (Å²) in [6, 6.07) is 1.93. The van der Waals surface area contributed by atoms with Gasteiger partial charge in [-0.25, -0.2) is 0 Å². The fourth-order valence-corrected chi connectivity index (χ4v) is 0.359. The Balaban J connectivity index is 4.63. The molecule has 0 aromatic heterocycles. The average molecular weight is 120 g/mol. The quantitative estimate of drug-likeness (QED) is 0.310. The predicted octanol–water partition coefficient (Wildman–Crippen LogP) is 1.67. The molecule has 2 nitrogen and oxygen atoms in total. The van der Waals surface area contributed by atoms with Crippen molar-refractivity contribution in [2.24, 2.45) is 4.99 Å². The van der Waals surface area contributed by atoms with Gasteiger partial charge in [0.2, 0.25) is 0 Å². The van der Waals surface area contributed by atoms with Crippen LogP contribution in [0.15, 0.2) is 28.9 Å². The van der Waals surface area contributed by atoms with Crippen molar-refractivity contribution in [3.63, 3.8) is 0 Å². The van der Waals surface area contributed by atoms with Crippen LogP contribution in [-0.2, 0) is 0 Å². The van der Waals surface area contributed by atoms with Gasteiger partial charge >= 0.3 is 0 Å². The van der Waals surface area contributed by atoms with Gasteiger partial charge in [-0.3, -0.25) is 4.99 Å². The first-order valence-corrected chi connectivity index (χ1v) is 2.46. The van der Waals surface area contributed by atoms with Crippen LogP contribution in [0, 0.1) is 11.3 Å². The zero-order valence-electron chi connectivity index (χ0n) is 5.39. The van der Waals surface area contributed by atoms with Crippen molar-refractivity contribution < 1.29 is 0 Å². The minimum Gasteiger partial charge on any atom is -0.268 e. The van der Waals surface area contributed by atoms with Crippen LogP contribution < -0.4 is 0 Å². The average Bonchev–Trinajstić information content (AvgIpc) is 1.90.